The van der Waals surface area contributed by atoms with Crippen molar-refractivity contribution < 1.29 is 4.42 Å². The zero-order valence-corrected chi connectivity index (χ0v) is 27.3. The van der Waals surface area contributed by atoms with Crippen LogP contribution in [0.15, 0.2) is 192 Å². The second-order valence-corrected chi connectivity index (χ2v) is 12.9. The Labute approximate surface area is 290 Å². The molecular formula is C48H31NO. The Morgan fingerprint density at radius 3 is 1.66 bits per heavy atom. The molecule has 0 unspecified atom stereocenters. The van der Waals surface area contributed by atoms with Gasteiger partial charge in [-0.15, -0.1) is 0 Å². The Morgan fingerprint density at radius 1 is 0.320 bits per heavy atom. The molecule has 0 N–H and O–H groups in total. The van der Waals surface area contributed by atoms with Gasteiger partial charge in [-0.3, -0.25) is 0 Å². The highest BCUT2D eigenvalue weighted by molar-refractivity contribution is 6.18. The third-order valence-electron chi connectivity index (χ3n) is 10.1. The molecule has 0 saturated heterocycles. The largest absolute Gasteiger partial charge is 0.456 e. The summed E-state index contributed by atoms with van der Waals surface area (Å²) in [5, 5.41) is 9.83. The van der Waals surface area contributed by atoms with E-state index in [4.69, 9.17) is 4.42 Å². The number of rotatable bonds is 5. The van der Waals surface area contributed by atoms with Crippen molar-refractivity contribution in [2.75, 3.05) is 4.90 Å². The quantitative estimate of drug-likeness (QED) is 0.175. The molecule has 0 aliphatic rings. The summed E-state index contributed by atoms with van der Waals surface area (Å²) >= 11 is 0. The van der Waals surface area contributed by atoms with Gasteiger partial charge in [0.25, 0.3) is 0 Å². The molecule has 2 nitrogen and oxygen atoms in total. The van der Waals surface area contributed by atoms with E-state index in [1.54, 1.807) is 0 Å². The van der Waals surface area contributed by atoms with Crippen LogP contribution in [0.1, 0.15) is 0 Å². The van der Waals surface area contributed by atoms with Crippen molar-refractivity contribution in [2.45, 2.75) is 0 Å². The van der Waals surface area contributed by atoms with Crippen molar-refractivity contribution in [1.29, 1.82) is 0 Å². The van der Waals surface area contributed by atoms with Gasteiger partial charge in [0.05, 0.1) is 0 Å². The summed E-state index contributed by atoms with van der Waals surface area (Å²) in [6.45, 7) is 0. The second-order valence-electron chi connectivity index (χ2n) is 12.9. The molecule has 0 spiro atoms. The lowest BCUT2D eigenvalue weighted by molar-refractivity contribution is 0.669. The van der Waals surface area contributed by atoms with Gasteiger partial charge >= 0.3 is 0 Å². The predicted octanol–water partition coefficient (Wildman–Crippen LogP) is 13.8. The molecule has 50 heavy (non-hydrogen) atoms. The summed E-state index contributed by atoms with van der Waals surface area (Å²) in [5.41, 5.74) is 9.85. The highest BCUT2D eigenvalue weighted by Crippen LogP contribution is 2.41. The van der Waals surface area contributed by atoms with Crippen LogP contribution in [-0.2, 0) is 0 Å². The van der Waals surface area contributed by atoms with Crippen LogP contribution in [0.3, 0.4) is 0 Å². The lowest BCUT2D eigenvalue weighted by Gasteiger charge is -2.26. The molecule has 1 aromatic heterocycles. The van der Waals surface area contributed by atoms with Crippen LogP contribution in [0.4, 0.5) is 17.1 Å². The van der Waals surface area contributed by atoms with E-state index in [-0.39, 0.29) is 0 Å². The summed E-state index contributed by atoms with van der Waals surface area (Å²) in [6.07, 6.45) is 0. The average molecular weight is 638 g/mol. The number of para-hydroxylation sites is 1. The van der Waals surface area contributed by atoms with Gasteiger partial charge in [0, 0.05) is 27.8 Å². The zero-order valence-electron chi connectivity index (χ0n) is 27.3. The molecule has 0 amide bonds. The summed E-state index contributed by atoms with van der Waals surface area (Å²) in [6, 6.07) is 67.6. The monoisotopic (exact) mass is 637 g/mol. The Bertz CT molecular complexity index is 2850. The molecule has 2 heteroatoms. The van der Waals surface area contributed by atoms with Crippen molar-refractivity contribution in [3.05, 3.63) is 188 Å². The minimum absolute atomic E-state index is 0.907. The second kappa shape index (κ2) is 11.5. The molecule has 10 aromatic rings. The maximum atomic E-state index is 6.21. The Hall–Kier alpha value is -6.64. The normalized spacial score (nSPS) is 11.6. The number of nitrogens with zero attached hydrogens (tertiary/aromatic N) is 1. The minimum atomic E-state index is 0.907. The molecule has 0 bridgehead atoms. The van der Waals surface area contributed by atoms with E-state index in [9.17, 15) is 0 Å². The lowest BCUT2D eigenvalue weighted by Crippen LogP contribution is -2.09. The zero-order chi connectivity index (χ0) is 33.0. The molecule has 0 fully saturated rings. The van der Waals surface area contributed by atoms with E-state index in [1.165, 1.54) is 49.0 Å². The summed E-state index contributed by atoms with van der Waals surface area (Å²) in [7, 11) is 0. The van der Waals surface area contributed by atoms with Gasteiger partial charge in [0.1, 0.15) is 11.2 Å². The summed E-state index contributed by atoms with van der Waals surface area (Å²) < 4.78 is 6.21. The molecule has 0 saturated carbocycles. The fourth-order valence-corrected chi connectivity index (χ4v) is 7.63. The predicted molar refractivity (Wildman–Crippen MR) is 212 cm³/mol. The SMILES string of the molecule is c1ccc(-c2ccc(N(c3ccc(-c4cccc5oc6ccccc6c45)cc3)c3ccc4ccc5c6ccccc6ccc5c4c3)cc2)cc1. The first-order valence-corrected chi connectivity index (χ1v) is 17.1. The first-order valence-electron chi connectivity index (χ1n) is 17.1. The number of furan rings is 1. The molecule has 0 radical (unpaired) electrons. The Balaban J connectivity index is 1.13. The van der Waals surface area contributed by atoms with Crippen molar-refractivity contribution in [3.63, 3.8) is 0 Å². The van der Waals surface area contributed by atoms with Gasteiger partial charge in [-0.1, -0.05) is 140 Å². The van der Waals surface area contributed by atoms with Gasteiger partial charge in [0.15, 0.2) is 0 Å². The minimum Gasteiger partial charge on any atom is -0.456 e. The first-order chi connectivity index (χ1) is 24.8. The van der Waals surface area contributed by atoms with Crippen LogP contribution in [0.2, 0.25) is 0 Å². The van der Waals surface area contributed by atoms with E-state index < -0.39 is 0 Å². The highest BCUT2D eigenvalue weighted by atomic mass is 16.3. The summed E-state index contributed by atoms with van der Waals surface area (Å²) in [5.74, 6) is 0. The number of hydrogen-bond donors (Lipinski definition) is 0. The molecular weight excluding hydrogens is 607 g/mol. The topological polar surface area (TPSA) is 16.4 Å². The van der Waals surface area contributed by atoms with Crippen molar-refractivity contribution in [3.8, 4) is 22.3 Å². The van der Waals surface area contributed by atoms with Gasteiger partial charge in [-0.2, -0.15) is 0 Å². The van der Waals surface area contributed by atoms with Gasteiger partial charge < -0.3 is 9.32 Å². The number of fused-ring (bicyclic) bond motifs is 8. The Kier molecular flexibility index (Phi) is 6.53. The first kappa shape index (κ1) is 28.4. The third-order valence-corrected chi connectivity index (χ3v) is 10.1. The molecule has 234 valence electrons. The lowest BCUT2D eigenvalue weighted by atomic mass is 9.96. The van der Waals surface area contributed by atoms with E-state index in [1.807, 2.05) is 12.1 Å². The molecule has 9 aromatic carbocycles. The van der Waals surface area contributed by atoms with Crippen LogP contribution in [-0.4, -0.2) is 0 Å². The number of hydrogen-bond acceptors (Lipinski definition) is 2. The van der Waals surface area contributed by atoms with Crippen LogP contribution in [0, 0.1) is 0 Å². The standard InChI is InChI=1S/C48H31NO/c1-2-9-32(10-3-1)33-17-24-37(25-18-33)49(39-28-21-36-23-29-42-40-12-5-4-11-34(40)22-30-43(42)45(36)31-39)38-26-19-35(20-27-38)41-14-8-16-47-48(41)44-13-6-7-15-46(44)50-47/h1-31H. The average Bonchev–Trinajstić information content (AvgIpc) is 3.58. The number of benzene rings is 9. The molecule has 0 atom stereocenters. The maximum Gasteiger partial charge on any atom is 0.136 e. The van der Waals surface area contributed by atoms with Gasteiger partial charge in [-0.05, 0) is 103 Å². The van der Waals surface area contributed by atoms with Crippen LogP contribution in [0.5, 0.6) is 0 Å². The molecule has 0 aliphatic carbocycles. The van der Waals surface area contributed by atoms with Crippen LogP contribution in [0.25, 0.3) is 76.5 Å². The molecule has 0 aliphatic heterocycles. The molecule has 10 rings (SSSR count). The fraction of sp³-hybridized carbons (Fsp3) is 0. The highest BCUT2D eigenvalue weighted by Gasteiger charge is 2.17. The third kappa shape index (κ3) is 4.65. The van der Waals surface area contributed by atoms with E-state index in [2.05, 4.69) is 181 Å². The summed E-state index contributed by atoms with van der Waals surface area (Å²) in [4.78, 5) is 2.37. The number of anilines is 3. The van der Waals surface area contributed by atoms with Gasteiger partial charge in [-0.25, -0.2) is 0 Å². The van der Waals surface area contributed by atoms with Gasteiger partial charge in [0.2, 0.25) is 0 Å². The Morgan fingerprint density at radius 2 is 0.880 bits per heavy atom. The van der Waals surface area contributed by atoms with Crippen molar-refractivity contribution in [2.24, 2.45) is 0 Å². The maximum absolute atomic E-state index is 6.21. The van der Waals surface area contributed by atoms with E-state index in [0.29, 0.717) is 0 Å². The fourth-order valence-electron chi connectivity index (χ4n) is 7.63. The van der Waals surface area contributed by atoms with E-state index in [0.717, 1.165) is 44.6 Å². The van der Waals surface area contributed by atoms with Crippen molar-refractivity contribution >= 4 is 71.3 Å². The smallest absolute Gasteiger partial charge is 0.136 e. The van der Waals surface area contributed by atoms with E-state index >= 15 is 0 Å². The van der Waals surface area contributed by atoms with Crippen molar-refractivity contribution in [1.82, 2.24) is 0 Å². The van der Waals surface area contributed by atoms with Crippen LogP contribution < -0.4 is 4.90 Å². The van der Waals surface area contributed by atoms with Crippen LogP contribution >= 0.6 is 0 Å². The molecule has 1 heterocycles.